The number of rotatable bonds is 4. The Bertz CT molecular complexity index is 386. The van der Waals surface area contributed by atoms with Gasteiger partial charge in [0.2, 0.25) is 0 Å². The molecule has 0 aliphatic carbocycles. The van der Waals surface area contributed by atoms with E-state index in [-0.39, 0.29) is 6.04 Å². The fraction of sp³-hybridized carbons (Fsp3) is 0.600. The standard InChI is InChI=1S/C15H23NOS/c1-11-9-13(10-12(2)16)3-4-15(11)18-14-5-7-17-8-6-14/h3-4,9,12,14H,5-8,10,16H2,1-2H3. The summed E-state index contributed by atoms with van der Waals surface area (Å²) < 4.78 is 5.40. The van der Waals surface area contributed by atoms with E-state index in [4.69, 9.17) is 10.5 Å². The molecule has 18 heavy (non-hydrogen) atoms. The Balaban J connectivity index is 2.00. The van der Waals surface area contributed by atoms with Crippen molar-refractivity contribution in [3.05, 3.63) is 29.3 Å². The topological polar surface area (TPSA) is 35.2 Å². The Morgan fingerprint density at radius 2 is 2.11 bits per heavy atom. The molecule has 100 valence electrons. The van der Waals surface area contributed by atoms with Gasteiger partial charge in [-0.1, -0.05) is 12.1 Å². The van der Waals surface area contributed by atoms with E-state index in [9.17, 15) is 0 Å². The summed E-state index contributed by atoms with van der Waals surface area (Å²) in [5.74, 6) is 0. The molecule has 1 atom stereocenters. The summed E-state index contributed by atoms with van der Waals surface area (Å²) in [5.41, 5.74) is 8.57. The van der Waals surface area contributed by atoms with Gasteiger partial charge in [-0.2, -0.15) is 0 Å². The van der Waals surface area contributed by atoms with Gasteiger partial charge in [0.15, 0.2) is 0 Å². The Kier molecular flexibility index (Phi) is 5.10. The number of hydrogen-bond donors (Lipinski definition) is 1. The molecule has 1 aromatic carbocycles. The van der Waals surface area contributed by atoms with Crippen LogP contribution >= 0.6 is 11.8 Å². The molecule has 0 aromatic heterocycles. The molecule has 0 saturated carbocycles. The average molecular weight is 265 g/mol. The highest BCUT2D eigenvalue weighted by atomic mass is 32.2. The van der Waals surface area contributed by atoms with Crippen molar-refractivity contribution in [2.45, 2.75) is 49.3 Å². The number of benzene rings is 1. The van der Waals surface area contributed by atoms with Crippen LogP contribution in [0, 0.1) is 6.92 Å². The van der Waals surface area contributed by atoms with Gasteiger partial charge in [0.05, 0.1) is 0 Å². The van der Waals surface area contributed by atoms with Gasteiger partial charge in [0.1, 0.15) is 0 Å². The maximum absolute atomic E-state index is 5.84. The molecule has 1 unspecified atom stereocenters. The van der Waals surface area contributed by atoms with E-state index >= 15 is 0 Å². The molecule has 2 N–H and O–H groups in total. The minimum Gasteiger partial charge on any atom is -0.381 e. The molecule has 0 amide bonds. The second-order valence-electron chi connectivity index (χ2n) is 5.21. The first-order chi connectivity index (χ1) is 8.65. The first-order valence-electron chi connectivity index (χ1n) is 6.74. The normalized spacial score (nSPS) is 18.8. The van der Waals surface area contributed by atoms with Crippen LogP contribution in [-0.2, 0) is 11.2 Å². The Morgan fingerprint density at radius 1 is 1.39 bits per heavy atom. The first kappa shape index (κ1) is 13.9. The molecule has 1 fully saturated rings. The van der Waals surface area contributed by atoms with Crippen molar-refractivity contribution < 1.29 is 4.74 Å². The van der Waals surface area contributed by atoms with Gasteiger partial charge in [-0.25, -0.2) is 0 Å². The lowest BCUT2D eigenvalue weighted by Gasteiger charge is -2.22. The molecule has 0 bridgehead atoms. The first-order valence-corrected chi connectivity index (χ1v) is 7.62. The predicted molar refractivity (Wildman–Crippen MR) is 78.2 cm³/mol. The van der Waals surface area contributed by atoms with E-state index in [0.717, 1.165) is 24.9 Å². The van der Waals surface area contributed by atoms with Gasteiger partial charge in [0, 0.05) is 29.4 Å². The molecule has 2 nitrogen and oxygen atoms in total. The Labute approximate surface area is 114 Å². The summed E-state index contributed by atoms with van der Waals surface area (Å²) >= 11 is 2.01. The van der Waals surface area contributed by atoms with E-state index in [1.165, 1.54) is 28.9 Å². The van der Waals surface area contributed by atoms with Crippen LogP contribution in [0.3, 0.4) is 0 Å². The molecule has 2 rings (SSSR count). The maximum Gasteiger partial charge on any atom is 0.0476 e. The molecule has 1 aliphatic rings. The van der Waals surface area contributed by atoms with Crippen LogP contribution in [0.2, 0.25) is 0 Å². The number of aryl methyl sites for hydroxylation is 1. The minimum absolute atomic E-state index is 0.235. The highest BCUT2D eigenvalue weighted by Gasteiger charge is 2.16. The van der Waals surface area contributed by atoms with Crippen LogP contribution in [0.15, 0.2) is 23.1 Å². The zero-order valence-corrected chi connectivity index (χ0v) is 12.1. The van der Waals surface area contributed by atoms with Crippen LogP contribution in [0.4, 0.5) is 0 Å². The van der Waals surface area contributed by atoms with Crippen LogP contribution in [0.25, 0.3) is 0 Å². The summed E-state index contributed by atoms with van der Waals surface area (Å²) in [6.45, 7) is 6.09. The van der Waals surface area contributed by atoms with Crippen molar-refractivity contribution in [2.75, 3.05) is 13.2 Å². The summed E-state index contributed by atoms with van der Waals surface area (Å²) in [5, 5.41) is 0.719. The largest absolute Gasteiger partial charge is 0.381 e. The third-order valence-corrected chi connectivity index (χ3v) is 4.78. The lowest BCUT2D eigenvalue weighted by molar-refractivity contribution is 0.100. The second kappa shape index (κ2) is 6.60. The molecule has 1 aromatic rings. The zero-order valence-electron chi connectivity index (χ0n) is 11.3. The SMILES string of the molecule is Cc1cc(CC(C)N)ccc1SC1CCOCC1. The van der Waals surface area contributed by atoms with Crippen molar-refractivity contribution in [2.24, 2.45) is 5.73 Å². The van der Waals surface area contributed by atoms with E-state index < -0.39 is 0 Å². The van der Waals surface area contributed by atoms with Gasteiger partial charge in [-0.05, 0) is 50.3 Å². The average Bonchev–Trinajstić information content (AvgIpc) is 2.33. The molecule has 0 spiro atoms. The third-order valence-electron chi connectivity index (χ3n) is 3.26. The van der Waals surface area contributed by atoms with Crippen LogP contribution in [-0.4, -0.2) is 24.5 Å². The smallest absolute Gasteiger partial charge is 0.0476 e. The van der Waals surface area contributed by atoms with E-state index in [2.05, 4.69) is 32.0 Å². The highest BCUT2D eigenvalue weighted by molar-refractivity contribution is 8.00. The summed E-state index contributed by atoms with van der Waals surface area (Å²) in [6, 6.07) is 6.99. The number of ether oxygens (including phenoxy) is 1. The summed E-state index contributed by atoms with van der Waals surface area (Å²) in [7, 11) is 0. The van der Waals surface area contributed by atoms with Crippen LogP contribution in [0.5, 0.6) is 0 Å². The van der Waals surface area contributed by atoms with Crippen molar-refractivity contribution in [3.63, 3.8) is 0 Å². The molecule has 1 aliphatic heterocycles. The van der Waals surface area contributed by atoms with Crippen LogP contribution < -0.4 is 5.73 Å². The lowest BCUT2D eigenvalue weighted by Crippen LogP contribution is -2.18. The van der Waals surface area contributed by atoms with Crippen molar-refractivity contribution in [3.8, 4) is 0 Å². The fourth-order valence-electron chi connectivity index (χ4n) is 2.32. The quantitative estimate of drug-likeness (QED) is 0.908. The minimum atomic E-state index is 0.235. The van der Waals surface area contributed by atoms with Crippen LogP contribution in [0.1, 0.15) is 30.9 Å². The van der Waals surface area contributed by atoms with Gasteiger partial charge in [-0.3, -0.25) is 0 Å². The van der Waals surface area contributed by atoms with E-state index in [1.54, 1.807) is 0 Å². The van der Waals surface area contributed by atoms with E-state index in [1.807, 2.05) is 11.8 Å². The molecule has 0 radical (unpaired) electrons. The van der Waals surface area contributed by atoms with E-state index in [0.29, 0.717) is 0 Å². The van der Waals surface area contributed by atoms with Gasteiger partial charge in [0.25, 0.3) is 0 Å². The van der Waals surface area contributed by atoms with Gasteiger partial charge < -0.3 is 10.5 Å². The molecule has 1 heterocycles. The van der Waals surface area contributed by atoms with Crippen molar-refractivity contribution >= 4 is 11.8 Å². The predicted octanol–water partition coefficient (Wildman–Crippen LogP) is 3.16. The fourth-order valence-corrected chi connectivity index (χ4v) is 3.49. The molecule has 3 heteroatoms. The molecular weight excluding hydrogens is 242 g/mol. The lowest BCUT2D eigenvalue weighted by atomic mass is 10.1. The summed E-state index contributed by atoms with van der Waals surface area (Å²) in [4.78, 5) is 1.41. The Morgan fingerprint density at radius 3 is 2.72 bits per heavy atom. The van der Waals surface area contributed by atoms with Crippen molar-refractivity contribution in [1.29, 1.82) is 0 Å². The molecular formula is C15H23NOS. The Hall–Kier alpha value is -0.510. The maximum atomic E-state index is 5.84. The number of thioether (sulfide) groups is 1. The molecule has 1 saturated heterocycles. The number of nitrogens with two attached hydrogens (primary N) is 1. The number of hydrogen-bond acceptors (Lipinski definition) is 3. The van der Waals surface area contributed by atoms with Gasteiger partial charge >= 0.3 is 0 Å². The second-order valence-corrected chi connectivity index (χ2v) is 6.55. The van der Waals surface area contributed by atoms with Gasteiger partial charge in [-0.15, -0.1) is 11.8 Å². The van der Waals surface area contributed by atoms with Crippen molar-refractivity contribution in [1.82, 2.24) is 0 Å². The summed E-state index contributed by atoms with van der Waals surface area (Å²) in [6.07, 6.45) is 3.31. The third kappa shape index (κ3) is 4.01. The highest BCUT2D eigenvalue weighted by Crippen LogP contribution is 2.32. The zero-order chi connectivity index (χ0) is 13.0. The monoisotopic (exact) mass is 265 g/mol.